The van der Waals surface area contributed by atoms with Gasteiger partial charge in [-0.3, -0.25) is 14.5 Å². The Hall–Kier alpha value is -2.51. The standard InChI is InChI=1S/C25H30N2O4S/c1-3-26(16-19-9-5-4-6-10-19)32(30,31)23-15-20(14-13-18(23)2)17-27-24(28)21-11-7-8-12-22(21)25(27)29/h4-6,9-10,13-15,21-22H,3,7-8,11-12,16-17H2,1-2H3. The first kappa shape index (κ1) is 22.7. The molecule has 2 aromatic rings. The molecule has 1 saturated carbocycles. The highest BCUT2D eigenvalue weighted by atomic mass is 32.2. The maximum atomic E-state index is 13.5. The quantitative estimate of drug-likeness (QED) is 0.595. The van der Waals surface area contributed by atoms with E-state index in [2.05, 4.69) is 0 Å². The van der Waals surface area contributed by atoms with Crippen molar-refractivity contribution in [1.29, 1.82) is 0 Å². The molecule has 7 heteroatoms. The molecule has 0 aromatic heterocycles. The number of likely N-dealkylation sites (tertiary alicyclic amines) is 1. The lowest BCUT2D eigenvalue weighted by atomic mass is 9.81. The Morgan fingerprint density at radius 1 is 0.938 bits per heavy atom. The van der Waals surface area contributed by atoms with Crippen LogP contribution in [0.1, 0.15) is 49.3 Å². The predicted molar refractivity (Wildman–Crippen MR) is 122 cm³/mol. The molecule has 2 atom stereocenters. The van der Waals surface area contributed by atoms with Gasteiger partial charge >= 0.3 is 0 Å². The molecule has 6 nitrogen and oxygen atoms in total. The number of carbonyl (C=O) groups excluding carboxylic acids is 2. The number of amides is 2. The van der Waals surface area contributed by atoms with Crippen molar-refractivity contribution in [2.75, 3.05) is 6.54 Å². The summed E-state index contributed by atoms with van der Waals surface area (Å²) in [6.45, 7) is 4.35. The van der Waals surface area contributed by atoms with Crippen molar-refractivity contribution in [1.82, 2.24) is 9.21 Å². The fourth-order valence-corrected chi connectivity index (χ4v) is 6.60. The molecule has 0 radical (unpaired) electrons. The van der Waals surface area contributed by atoms with Gasteiger partial charge in [0.25, 0.3) is 0 Å². The second kappa shape index (κ2) is 9.16. The van der Waals surface area contributed by atoms with E-state index in [1.54, 1.807) is 19.1 Å². The number of sulfonamides is 1. The fourth-order valence-electron chi connectivity index (χ4n) is 4.88. The minimum atomic E-state index is -3.74. The van der Waals surface area contributed by atoms with E-state index in [-0.39, 0.29) is 41.6 Å². The number of hydrogen-bond acceptors (Lipinski definition) is 4. The number of nitrogens with zero attached hydrogens (tertiary/aromatic N) is 2. The van der Waals surface area contributed by atoms with Gasteiger partial charge in [-0.1, -0.05) is 62.2 Å². The van der Waals surface area contributed by atoms with E-state index in [1.165, 1.54) is 9.21 Å². The summed E-state index contributed by atoms with van der Waals surface area (Å²) < 4.78 is 28.4. The van der Waals surface area contributed by atoms with Crippen molar-refractivity contribution >= 4 is 21.8 Å². The van der Waals surface area contributed by atoms with Gasteiger partial charge < -0.3 is 0 Å². The van der Waals surface area contributed by atoms with Crippen LogP contribution in [-0.4, -0.2) is 36.0 Å². The van der Waals surface area contributed by atoms with Gasteiger partial charge in [0, 0.05) is 13.1 Å². The van der Waals surface area contributed by atoms with Crippen LogP contribution in [0.4, 0.5) is 0 Å². The highest BCUT2D eigenvalue weighted by Gasteiger charge is 2.47. The second-order valence-electron chi connectivity index (χ2n) is 8.78. The predicted octanol–water partition coefficient (Wildman–Crippen LogP) is 3.88. The minimum Gasteiger partial charge on any atom is -0.278 e. The molecule has 1 saturated heterocycles. The molecule has 0 spiro atoms. The molecule has 4 rings (SSSR count). The third-order valence-corrected chi connectivity index (χ3v) is 8.76. The van der Waals surface area contributed by atoms with Crippen LogP contribution in [0.5, 0.6) is 0 Å². The molecule has 32 heavy (non-hydrogen) atoms. The maximum Gasteiger partial charge on any atom is 0.243 e. The van der Waals surface area contributed by atoms with Crippen LogP contribution >= 0.6 is 0 Å². The Kier molecular flexibility index (Phi) is 6.49. The van der Waals surface area contributed by atoms with Gasteiger partial charge in [-0.05, 0) is 42.5 Å². The van der Waals surface area contributed by atoms with Crippen LogP contribution in [0.15, 0.2) is 53.4 Å². The number of benzene rings is 2. The molecule has 1 aliphatic carbocycles. The van der Waals surface area contributed by atoms with Crippen LogP contribution in [-0.2, 0) is 32.7 Å². The molecule has 0 bridgehead atoms. The molecule has 170 valence electrons. The summed E-state index contributed by atoms with van der Waals surface area (Å²) in [5.74, 6) is -0.620. The summed E-state index contributed by atoms with van der Waals surface area (Å²) in [6.07, 6.45) is 3.50. The number of rotatable bonds is 7. The number of hydrogen-bond donors (Lipinski definition) is 0. The summed E-state index contributed by atoms with van der Waals surface area (Å²) in [5, 5.41) is 0. The number of fused-ring (bicyclic) bond motifs is 1. The highest BCUT2D eigenvalue weighted by Crippen LogP contribution is 2.38. The Morgan fingerprint density at radius 2 is 1.56 bits per heavy atom. The zero-order chi connectivity index (χ0) is 22.9. The SMILES string of the molecule is CCN(Cc1ccccc1)S(=O)(=O)c1cc(CN2C(=O)C3CCCCC3C2=O)ccc1C. The lowest BCUT2D eigenvalue weighted by Crippen LogP contribution is -2.32. The van der Waals surface area contributed by atoms with Crippen LogP contribution in [0.25, 0.3) is 0 Å². The molecular formula is C25H30N2O4S. The topological polar surface area (TPSA) is 74.8 Å². The average molecular weight is 455 g/mol. The molecule has 0 N–H and O–H groups in total. The molecule has 2 amide bonds. The number of imide groups is 1. The number of carbonyl (C=O) groups is 2. The van der Waals surface area contributed by atoms with Gasteiger partial charge in [-0.15, -0.1) is 0 Å². The third kappa shape index (κ3) is 4.24. The monoisotopic (exact) mass is 454 g/mol. The van der Waals surface area contributed by atoms with Crippen molar-refractivity contribution < 1.29 is 18.0 Å². The zero-order valence-electron chi connectivity index (χ0n) is 18.7. The maximum absolute atomic E-state index is 13.5. The summed E-state index contributed by atoms with van der Waals surface area (Å²) >= 11 is 0. The Bertz CT molecular complexity index is 1090. The number of aryl methyl sites for hydroxylation is 1. The van der Waals surface area contributed by atoms with E-state index in [0.29, 0.717) is 17.7 Å². The van der Waals surface area contributed by atoms with Gasteiger partial charge in [0.05, 0.1) is 23.3 Å². The largest absolute Gasteiger partial charge is 0.278 e. The fraction of sp³-hybridized carbons (Fsp3) is 0.440. The molecule has 1 aliphatic heterocycles. The molecule has 2 fully saturated rings. The normalized spacial score (nSPS) is 21.3. The third-order valence-electron chi connectivity index (χ3n) is 6.70. The smallest absolute Gasteiger partial charge is 0.243 e. The lowest BCUT2D eigenvalue weighted by molar-refractivity contribution is -0.140. The molecule has 2 aliphatic rings. The van der Waals surface area contributed by atoms with Gasteiger partial charge in [0.1, 0.15) is 0 Å². The summed E-state index contributed by atoms with van der Waals surface area (Å²) in [4.78, 5) is 27.2. The first-order valence-corrected chi connectivity index (χ1v) is 12.8. The second-order valence-corrected chi connectivity index (χ2v) is 10.7. The van der Waals surface area contributed by atoms with Crippen molar-refractivity contribution in [2.24, 2.45) is 11.8 Å². The van der Waals surface area contributed by atoms with Crippen molar-refractivity contribution in [2.45, 2.75) is 57.5 Å². The van der Waals surface area contributed by atoms with E-state index in [9.17, 15) is 18.0 Å². The molecule has 1 heterocycles. The van der Waals surface area contributed by atoms with Crippen LogP contribution < -0.4 is 0 Å². The van der Waals surface area contributed by atoms with Gasteiger partial charge in [0.2, 0.25) is 21.8 Å². The molecule has 2 unspecified atom stereocenters. The summed E-state index contributed by atoms with van der Waals surface area (Å²) in [5.41, 5.74) is 2.22. The first-order chi connectivity index (χ1) is 15.3. The van der Waals surface area contributed by atoms with E-state index in [0.717, 1.165) is 31.2 Å². The molecule has 2 aromatic carbocycles. The van der Waals surface area contributed by atoms with Crippen LogP contribution in [0.2, 0.25) is 0 Å². The Morgan fingerprint density at radius 3 is 2.16 bits per heavy atom. The van der Waals surface area contributed by atoms with Crippen molar-refractivity contribution in [3.8, 4) is 0 Å². The zero-order valence-corrected chi connectivity index (χ0v) is 19.5. The Balaban J connectivity index is 1.59. The van der Waals surface area contributed by atoms with E-state index in [4.69, 9.17) is 0 Å². The van der Waals surface area contributed by atoms with Crippen molar-refractivity contribution in [3.05, 3.63) is 65.2 Å². The lowest BCUT2D eigenvalue weighted by Gasteiger charge is -2.23. The molecular weight excluding hydrogens is 424 g/mol. The Labute approximate surface area is 190 Å². The van der Waals surface area contributed by atoms with E-state index >= 15 is 0 Å². The van der Waals surface area contributed by atoms with Gasteiger partial charge in [-0.2, -0.15) is 4.31 Å². The van der Waals surface area contributed by atoms with Crippen LogP contribution in [0, 0.1) is 18.8 Å². The van der Waals surface area contributed by atoms with Gasteiger partial charge in [0.15, 0.2) is 0 Å². The van der Waals surface area contributed by atoms with Gasteiger partial charge in [-0.25, -0.2) is 8.42 Å². The summed E-state index contributed by atoms with van der Waals surface area (Å²) in [6, 6.07) is 14.7. The summed E-state index contributed by atoms with van der Waals surface area (Å²) in [7, 11) is -3.74. The van der Waals surface area contributed by atoms with Crippen molar-refractivity contribution in [3.63, 3.8) is 0 Å². The average Bonchev–Trinajstić information content (AvgIpc) is 3.04. The highest BCUT2D eigenvalue weighted by molar-refractivity contribution is 7.89. The first-order valence-electron chi connectivity index (χ1n) is 11.3. The van der Waals surface area contributed by atoms with Crippen LogP contribution in [0.3, 0.4) is 0 Å². The van der Waals surface area contributed by atoms with E-state index in [1.807, 2.05) is 43.3 Å². The minimum absolute atomic E-state index is 0.107. The van der Waals surface area contributed by atoms with E-state index < -0.39 is 10.0 Å².